The lowest BCUT2D eigenvalue weighted by Crippen LogP contribution is -2.46. The highest BCUT2D eigenvalue weighted by molar-refractivity contribution is 6.40. The zero-order valence-electron chi connectivity index (χ0n) is 12.2. The maximum Gasteiger partial charge on any atom is 0.451 e. The molecule has 2 aliphatic rings. The lowest BCUT2D eigenvalue weighted by atomic mass is 9.82. The van der Waals surface area contributed by atoms with Crippen LogP contribution in [0.2, 0.25) is 6.32 Å². The van der Waals surface area contributed by atoms with Gasteiger partial charge >= 0.3 is 7.12 Å². The Morgan fingerprint density at radius 1 is 1.50 bits per heavy atom. The van der Waals surface area contributed by atoms with Gasteiger partial charge in [0.1, 0.15) is 0 Å². The summed E-state index contributed by atoms with van der Waals surface area (Å²) in [4.78, 5) is 14.0. The fourth-order valence-electron chi connectivity index (χ4n) is 3.57. The van der Waals surface area contributed by atoms with E-state index in [0.717, 1.165) is 38.8 Å². The van der Waals surface area contributed by atoms with Gasteiger partial charge in [0, 0.05) is 25.2 Å². The average Bonchev–Trinajstić information content (AvgIpc) is 2.95. The zero-order valence-corrected chi connectivity index (χ0v) is 12.2. The van der Waals surface area contributed by atoms with E-state index in [-0.39, 0.29) is 5.91 Å². The van der Waals surface area contributed by atoms with Crippen LogP contribution in [0.5, 0.6) is 0 Å². The number of nitrogens with one attached hydrogen (secondary N) is 1. The minimum atomic E-state index is -1.19. The number of carbonyl (C=O) groups is 1. The lowest BCUT2D eigenvalue weighted by molar-refractivity contribution is -0.132. The van der Waals surface area contributed by atoms with Crippen molar-refractivity contribution in [3.05, 3.63) is 0 Å². The van der Waals surface area contributed by atoms with Crippen molar-refractivity contribution in [1.82, 2.24) is 10.2 Å². The minimum absolute atomic E-state index is 0.0587. The van der Waals surface area contributed by atoms with Crippen LogP contribution < -0.4 is 11.1 Å². The number of hydrogen-bond acceptors (Lipinski definition) is 5. The van der Waals surface area contributed by atoms with E-state index in [4.69, 9.17) is 15.8 Å². The van der Waals surface area contributed by atoms with Crippen LogP contribution in [0, 0.1) is 5.92 Å². The molecule has 20 heavy (non-hydrogen) atoms. The molecule has 0 saturated carbocycles. The van der Waals surface area contributed by atoms with Crippen LogP contribution >= 0.6 is 0 Å². The Balaban J connectivity index is 1.79. The van der Waals surface area contributed by atoms with Crippen LogP contribution in [0.3, 0.4) is 0 Å². The lowest BCUT2D eigenvalue weighted by Gasteiger charge is -2.25. The van der Waals surface area contributed by atoms with Crippen LogP contribution in [-0.2, 0) is 4.79 Å². The smallest absolute Gasteiger partial charge is 0.427 e. The molecule has 0 spiro atoms. The number of unbranched alkanes of at least 4 members (excludes halogenated alkanes) is 1. The number of amides is 1. The van der Waals surface area contributed by atoms with E-state index in [9.17, 15) is 4.79 Å². The molecule has 0 bridgehead atoms. The predicted molar refractivity (Wildman–Crippen MR) is 77.9 cm³/mol. The molecule has 5 N–H and O–H groups in total. The van der Waals surface area contributed by atoms with Gasteiger partial charge in [-0.15, -0.1) is 0 Å². The Kier molecular flexibility index (Phi) is 5.43. The van der Waals surface area contributed by atoms with Crippen molar-refractivity contribution >= 4 is 13.0 Å². The van der Waals surface area contributed by atoms with Gasteiger partial charge in [-0.25, -0.2) is 0 Å². The van der Waals surface area contributed by atoms with Gasteiger partial charge in [0.05, 0.1) is 6.04 Å². The Hall–Kier alpha value is -0.625. The highest BCUT2D eigenvalue weighted by Crippen LogP contribution is 2.33. The molecule has 0 aliphatic carbocycles. The average molecular weight is 283 g/mol. The molecule has 2 fully saturated rings. The molecule has 0 aromatic rings. The first-order chi connectivity index (χ1) is 9.50. The van der Waals surface area contributed by atoms with E-state index < -0.39 is 13.2 Å². The molecule has 7 heteroatoms. The number of likely N-dealkylation sites (tertiary alicyclic amines) is 1. The fraction of sp³-hybridized carbons (Fsp3) is 0.923. The standard InChI is InChI=1S/C13H26BN3O3/c1-9(15)13(18)17-7-5-10-11(16-8-12(10)17)4-2-3-6-14(19)20/h9-12,16,19-20H,2-8,15H2,1H3/t9-,10-,11+,12-/m0/s1. The molecule has 4 atom stereocenters. The van der Waals surface area contributed by atoms with Gasteiger partial charge in [-0.2, -0.15) is 0 Å². The molecule has 0 aromatic heterocycles. The predicted octanol–water partition coefficient (Wildman–Crippen LogP) is -0.834. The number of carbonyl (C=O) groups excluding carboxylic acids is 1. The van der Waals surface area contributed by atoms with Gasteiger partial charge in [-0.05, 0) is 32.0 Å². The number of nitrogens with two attached hydrogens (primary N) is 1. The maximum atomic E-state index is 12.0. The number of hydrogen-bond donors (Lipinski definition) is 4. The second kappa shape index (κ2) is 6.89. The summed E-state index contributed by atoms with van der Waals surface area (Å²) in [5.41, 5.74) is 5.70. The Morgan fingerprint density at radius 2 is 2.25 bits per heavy atom. The first kappa shape index (κ1) is 15.8. The van der Waals surface area contributed by atoms with Crippen molar-refractivity contribution in [3.8, 4) is 0 Å². The van der Waals surface area contributed by atoms with Gasteiger partial charge in [-0.1, -0.05) is 12.8 Å². The van der Waals surface area contributed by atoms with E-state index in [1.54, 1.807) is 6.92 Å². The molecular formula is C13H26BN3O3. The highest BCUT2D eigenvalue weighted by atomic mass is 16.4. The molecule has 6 nitrogen and oxygen atoms in total. The third kappa shape index (κ3) is 3.52. The third-order valence-electron chi connectivity index (χ3n) is 4.60. The summed E-state index contributed by atoms with van der Waals surface area (Å²) in [5, 5.41) is 21.2. The molecule has 2 aliphatic heterocycles. The van der Waals surface area contributed by atoms with Crippen molar-refractivity contribution in [2.45, 2.75) is 57.1 Å². The van der Waals surface area contributed by atoms with Gasteiger partial charge in [-0.3, -0.25) is 4.79 Å². The molecular weight excluding hydrogens is 257 g/mol. The molecule has 114 valence electrons. The Morgan fingerprint density at radius 3 is 2.90 bits per heavy atom. The quantitative estimate of drug-likeness (QED) is 0.376. The van der Waals surface area contributed by atoms with E-state index in [1.165, 1.54) is 0 Å². The van der Waals surface area contributed by atoms with E-state index in [0.29, 0.717) is 24.3 Å². The van der Waals surface area contributed by atoms with Crippen molar-refractivity contribution in [3.63, 3.8) is 0 Å². The van der Waals surface area contributed by atoms with Gasteiger partial charge < -0.3 is 26.0 Å². The van der Waals surface area contributed by atoms with Crippen LogP contribution in [0.25, 0.3) is 0 Å². The summed E-state index contributed by atoms with van der Waals surface area (Å²) in [5.74, 6) is 0.583. The monoisotopic (exact) mass is 283 g/mol. The van der Waals surface area contributed by atoms with Crippen LogP contribution in [0.1, 0.15) is 32.6 Å². The highest BCUT2D eigenvalue weighted by Gasteiger charge is 2.45. The van der Waals surface area contributed by atoms with Gasteiger partial charge in [0.2, 0.25) is 5.91 Å². The molecule has 0 unspecified atom stereocenters. The first-order valence-corrected chi connectivity index (χ1v) is 7.66. The summed E-state index contributed by atoms with van der Waals surface area (Å²) in [6, 6.07) is 0.322. The van der Waals surface area contributed by atoms with Crippen molar-refractivity contribution < 1.29 is 14.8 Å². The van der Waals surface area contributed by atoms with Crippen molar-refractivity contribution in [2.24, 2.45) is 11.7 Å². The summed E-state index contributed by atoms with van der Waals surface area (Å²) in [7, 11) is -1.19. The maximum absolute atomic E-state index is 12.0. The van der Waals surface area contributed by atoms with Crippen LogP contribution in [0.4, 0.5) is 0 Å². The van der Waals surface area contributed by atoms with Gasteiger partial charge in [0.25, 0.3) is 0 Å². The third-order valence-corrected chi connectivity index (χ3v) is 4.60. The summed E-state index contributed by atoms with van der Waals surface area (Å²) in [6.45, 7) is 3.43. The Labute approximate surface area is 120 Å². The fourth-order valence-corrected chi connectivity index (χ4v) is 3.57. The van der Waals surface area contributed by atoms with E-state index >= 15 is 0 Å². The molecule has 0 aromatic carbocycles. The minimum Gasteiger partial charge on any atom is -0.427 e. The molecule has 1 amide bonds. The topological polar surface area (TPSA) is 98.8 Å². The zero-order chi connectivity index (χ0) is 14.7. The van der Waals surface area contributed by atoms with Crippen LogP contribution in [0.15, 0.2) is 0 Å². The summed E-state index contributed by atoms with van der Waals surface area (Å²) >= 11 is 0. The van der Waals surface area contributed by atoms with Gasteiger partial charge in [0.15, 0.2) is 0 Å². The normalized spacial score (nSPS) is 30.4. The second-order valence-corrected chi connectivity index (χ2v) is 6.12. The largest absolute Gasteiger partial charge is 0.451 e. The van der Waals surface area contributed by atoms with E-state index in [2.05, 4.69) is 5.32 Å². The molecule has 0 radical (unpaired) electrons. The number of nitrogens with zero attached hydrogens (tertiary/aromatic N) is 1. The molecule has 2 rings (SSSR count). The van der Waals surface area contributed by atoms with E-state index in [1.807, 2.05) is 4.90 Å². The SMILES string of the molecule is C[C@H](N)C(=O)N1CC[C@H]2[C@@H](CCCCB(O)O)NC[C@@H]21. The van der Waals surface area contributed by atoms with Crippen LogP contribution in [-0.4, -0.2) is 59.2 Å². The van der Waals surface area contributed by atoms with Crippen molar-refractivity contribution in [1.29, 1.82) is 0 Å². The first-order valence-electron chi connectivity index (χ1n) is 7.66. The van der Waals surface area contributed by atoms with Crippen molar-refractivity contribution in [2.75, 3.05) is 13.1 Å². The molecule has 2 heterocycles. The Bertz CT molecular complexity index is 341. The summed E-state index contributed by atoms with van der Waals surface area (Å²) in [6.07, 6.45) is 4.34. The molecule has 2 saturated heterocycles. The number of rotatable bonds is 6. The summed E-state index contributed by atoms with van der Waals surface area (Å²) < 4.78 is 0. The number of fused-ring (bicyclic) bond motifs is 1. The second-order valence-electron chi connectivity index (χ2n) is 6.12.